The summed E-state index contributed by atoms with van der Waals surface area (Å²) in [6, 6.07) is 6.15. The second kappa shape index (κ2) is 5.95. The molecule has 3 rings (SSSR count). The van der Waals surface area contributed by atoms with E-state index in [0.29, 0.717) is 12.0 Å². The van der Waals surface area contributed by atoms with Crippen LogP contribution in [0.1, 0.15) is 50.5 Å². The first-order valence-electron chi connectivity index (χ1n) is 7.96. The molecule has 1 heterocycles. The van der Waals surface area contributed by atoms with Gasteiger partial charge in [-0.15, -0.1) is 0 Å². The van der Waals surface area contributed by atoms with Gasteiger partial charge in [-0.05, 0) is 54.9 Å². The highest BCUT2D eigenvalue weighted by atomic mass is 35.5. The molecule has 1 spiro atoms. The van der Waals surface area contributed by atoms with E-state index < -0.39 is 0 Å². The molecule has 2 fully saturated rings. The van der Waals surface area contributed by atoms with Crippen LogP contribution in [0.15, 0.2) is 18.2 Å². The minimum atomic E-state index is 0.567. The molecule has 20 heavy (non-hydrogen) atoms. The van der Waals surface area contributed by atoms with Gasteiger partial charge in [-0.1, -0.05) is 30.9 Å². The number of nitrogens with two attached hydrogens (primary N) is 1. The van der Waals surface area contributed by atoms with Crippen LogP contribution in [0.5, 0.6) is 0 Å². The number of hydrogen-bond acceptors (Lipinski definition) is 2. The molecule has 3 heteroatoms. The molecule has 2 N–H and O–H groups in total. The number of piperidine rings is 1. The van der Waals surface area contributed by atoms with E-state index in [9.17, 15) is 0 Å². The molecule has 110 valence electrons. The van der Waals surface area contributed by atoms with Crippen LogP contribution < -0.4 is 10.6 Å². The normalized spacial score (nSPS) is 22.2. The summed E-state index contributed by atoms with van der Waals surface area (Å²) in [4.78, 5) is 2.51. The number of rotatable bonds is 2. The van der Waals surface area contributed by atoms with E-state index in [4.69, 9.17) is 17.3 Å². The quantitative estimate of drug-likeness (QED) is 0.878. The minimum Gasteiger partial charge on any atom is -0.371 e. The Morgan fingerprint density at radius 1 is 1.05 bits per heavy atom. The van der Waals surface area contributed by atoms with E-state index in [1.807, 2.05) is 12.1 Å². The standard InChI is InChI=1S/C17H25ClN2/c18-15-4-5-16(14(12-15)13-19)20-10-8-17(9-11-20)6-2-1-3-7-17/h4-5,12H,1-3,6-11,13,19H2. The van der Waals surface area contributed by atoms with Gasteiger partial charge in [0, 0.05) is 30.3 Å². The molecule has 0 bridgehead atoms. The van der Waals surface area contributed by atoms with Gasteiger partial charge in [0.25, 0.3) is 0 Å². The van der Waals surface area contributed by atoms with Crippen molar-refractivity contribution in [2.24, 2.45) is 11.1 Å². The fourth-order valence-corrected chi connectivity index (χ4v) is 4.24. The van der Waals surface area contributed by atoms with Crippen LogP contribution in [0.25, 0.3) is 0 Å². The minimum absolute atomic E-state index is 0.567. The third-order valence-electron chi connectivity index (χ3n) is 5.34. The Labute approximate surface area is 127 Å². The van der Waals surface area contributed by atoms with Crippen molar-refractivity contribution in [3.8, 4) is 0 Å². The van der Waals surface area contributed by atoms with E-state index in [2.05, 4.69) is 11.0 Å². The molecule has 1 saturated carbocycles. The summed E-state index contributed by atoms with van der Waals surface area (Å²) >= 11 is 6.08. The second-order valence-corrected chi connectivity index (χ2v) is 6.96. The number of hydrogen-bond donors (Lipinski definition) is 1. The third-order valence-corrected chi connectivity index (χ3v) is 5.58. The van der Waals surface area contributed by atoms with Gasteiger partial charge in [-0.25, -0.2) is 0 Å². The summed E-state index contributed by atoms with van der Waals surface area (Å²) in [6.07, 6.45) is 9.92. The highest BCUT2D eigenvalue weighted by Crippen LogP contribution is 2.45. The first-order valence-corrected chi connectivity index (χ1v) is 8.34. The zero-order chi connectivity index (χ0) is 14.0. The van der Waals surface area contributed by atoms with Crippen molar-refractivity contribution in [3.63, 3.8) is 0 Å². The van der Waals surface area contributed by atoms with Crippen LogP contribution in [0, 0.1) is 5.41 Å². The first-order chi connectivity index (χ1) is 9.72. The molecular weight excluding hydrogens is 268 g/mol. The third kappa shape index (κ3) is 2.82. The number of nitrogens with zero attached hydrogens (tertiary/aromatic N) is 1. The van der Waals surface area contributed by atoms with Gasteiger partial charge in [0.2, 0.25) is 0 Å². The van der Waals surface area contributed by atoms with Gasteiger partial charge >= 0.3 is 0 Å². The van der Waals surface area contributed by atoms with Crippen LogP contribution in [0.2, 0.25) is 5.02 Å². The molecule has 0 atom stereocenters. The molecule has 0 unspecified atom stereocenters. The summed E-state index contributed by atoms with van der Waals surface area (Å²) in [7, 11) is 0. The summed E-state index contributed by atoms with van der Waals surface area (Å²) in [5.41, 5.74) is 9.01. The summed E-state index contributed by atoms with van der Waals surface area (Å²) in [5.74, 6) is 0. The van der Waals surface area contributed by atoms with Crippen LogP contribution in [-0.2, 0) is 6.54 Å². The Morgan fingerprint density at radius 2 is 1.75 bits per heavy atom. The predicted octanol–water partition coefficient (Wildman–Crippen LogP) is 4.35. The predicted molar refractivity (Wildman–Crippen MR) is 86.3 cm³/mol. The van der Waals surface area contributed by atoms with Crippen LogP contribution in [0.3, 0.4) is 0 Å². The molecular formula is C17H25ClN2. The molecule has 2 aliphatic rings. The van der Waals surface area contributed by atoms with E-state index in [-0.39, 0.29) is 0 Å². The number of anilines is 1. The van der Waals surface area contributed by atoms with E-state index in [0.717, 1.165) is 5.02 Å². The van der Waals surface area contributed by atoms with E-state index in [1.165, 1.54) is 69.3 Å². The lowest BCUT2D eigenvalue weighted by atomic mass is 9.68. The smallest absolute Gasteiger partial charge is 0.0412 e. The monoisotopic (exact) mass is 292 g/mol. The van der Waals surface area contributed by atoms with Crippen LogP contribution in [0.4, 0.5) is 5.69 Å². The van der Waals surface area contributed by atoms with Crippen molar-refractivity contribution in [2.75, 3.05) is 18.0 Å². The van der Waals surface area contributed by atoms with Crippen molar-refractivity contribution in [1.29, 1.82) is 0 Å². The van der Waals surface area contributed by atoms with Crippen LogP contribution >= 0.6 is 11.6 Å². The molecule has 0 amide bonds. The number of halogens is 1. The maximum Gasteiger partial charge on any atom is 0.0412 e. The summed E-state index contributed by atoms with van der Waals surface area (Å²) < 4.78 is 0. The zero-order valence-corrected chi connectivity index (χ0v) is 13.0. The molecule has 0 radical (unpaired) electrons. The van der Waals surface area contributed by atoms with Crippen molar-refractivity contribution >= 4 is 17.3 Å². The lowest BCUT2D eigenvalue weighted by molar-refractivity contribution is 0.144. The van der Waals surface area contributed by atoms with E-state index >= 15 is 0 Å². The Kier molecular flexibility index (Phi) is 4.23. The maximum absolute atomic E-state index is 6.08. The molecule has 1 aliphatic carbocycles. The fourth-order valence-electron chi connectivity index (χ4n) is 4.05. The highest BCUT2D eigenvalue weighted by Gasteiger charge is 2.35. The Bertz CT molecular complexity index is 456. The van der Waals surface area contributed by atoms with Crippen molar-refractivity contribution in [3.05, 3.63) is 28.8 Å². The maximum atomic E-state index is 6.08. The van der Waals surface area contributed by atoms with Crippen molar-refractivity contribution in [1.82, 2.24) is 0 Å². The molecule has 1 aromatic rings. The van der Waals surface area contributed by atoms with E-state index in [1.54, 1.807) is 0 Å². The lowest BCUT2D eigenvalue weighted by Crippen LogP contribution is -2.41. The first kappa shape index (κ1) is 14.2. The average Bonchev–Trinajstić information content (AvgIpc) is 2.49. The van der Waals surface area contributed by atoms with Gasteiger partial charge in [0.15, 0.2) is 0 Å². The Hall–Kier alpha value is -0.730. The fraction of sp³-hybridized carbons (Fsp3) is 0.647. The Morgan fingerprint density at radius 3 is 2.40 bits per heavy atom. The molecule has 2 nitrogen and oxygen atoms in total. The Balaban J connectivity index is 1.71. The largest absolute Gasteiger partial charge is 0.371 e. The second-order valence-electron chi connectivity index (χ2n) is 6.52. The molecule has 1 aliphatic heterocycles. The topological polar surface area (TPSA) is 29.3 Å². The average molecular weight is 293 g/mol. The number of benzene rings is 1. The SMILES string of the molecule is NCc1cc(Cl)ccc1N1CCC2(CCCCC2)CC1. The zero-order valence-electron chi connectivity index (χ0n) is 12.2. The summed E-state index contributed by atoms with van der Waals surface area (Å²) in [5, 5.41) is 0.787. The van der Waals surface area contributed by atoms with Gasteiger partial charge < -0.3 is 10.6 Å². The van der Waals surface area contributed by atoms with Gasteiger partial charge in [0.1, 0.15) is 0 Å². The molecule has 0 aromatic heterocycles. The van der Waals surface area contributed by atoms with Gasteiger partial charge in [-0.3, -0.25) is 0 Å². The molecule has 1 saturated heterocycles. The molecule has 1 aromatic carbocycles. The highest BCUT2D eigenvalue weighted by molar-refractivity contribution is 6.30. The van der Waals surface area contributed by atoms with Crippen molar-refractivity contribution < 1.29 is 0 Å². The van der Waals surface area contributed by atoms with Crippen LogP contribution in [-0.4, -0.2) is 13.1 Å². The van der Waals surface area contributed by atoms with Gasteiger partial charge in [0.05, 0.1) is 0 Å². The van der Waals surface area contributed by atoms with Gasteiger partial charge in [-0.2, -0.15) is 0 Å². The van der Waals surface area contributed by atoms with Crippen molar-refractivity contribution in [2.45, 2.75) is 51.5 Å². The summed E-state index contributed by atoms with van der Waals surface area (Å²) in [6.45, 7) is 2.92. The lowest BCUT2D eigenvalue weighted by Gasteiger charge is -2.45.